The molecule has 0 spiro atoms. The van der Waals surface area contributed by atoms with Crippen LogP contribution in [-0.4, -0.2) is 53.7 Å². The van der Waals surface area contributed by atoms with Crippen molar-refractivity contribution in [2.45, 2.75) is 44.6 Å². The number of nitrogens with zero attached hydrogens (tertiary/aromatic N) is 1. The van der Waals surface area contributed by atoms with Gasteiger partial charge in [-0.25, -0.2) is 4.79 Å². The first-order valence-electron chi connectivity index (χ1n) is 12.6. The topological polar surface area (TPSA) is 95.9 Å². The zero-order valence-corrected chi connectivity index (χ0v) is 20.0. The van der Waals surface area contributed by atoms with E-state index in [1.807, 2.05) is 31.2 Å². The number of ether oxygens (including phenoxy) is 1. The van der Waals surface area contributed by atoms with Crippen LogP contribution in [0.1, 0.15) is 49.7 Å². The van der Waals surface area contributed by atoms with Gasteiger partial charge in [0.2, 0.25) is 5.91 Å². The Morgan fingerprint density at radius 2 is 1.63 bits per heavy atom. The number of alkyl carbamates (subject to hydrolysis) is 1. The highest BCUT2D eigenvalue weighted by Crippen LogP contribution is 2.44. The number of piperidine rings is 1. The van der Waals surface area contributed by atoms with Gasteiger partial charge in [0.1, 0.15) is 6.61 Å². The summed E-state index contributed by atoms with van der Waals surface area (Å²) >= 11 is 0. The third kappa shape index (κ3) is 4.51. The Morgan fingerprint density at radius 3 is 2.26 bits per heavy atom. The summed E-state index contributed by atoms with van der Waals surface area (Å²) in [5.74, 6) is -1.56. The number of nitrogens with one attached hydrogen (secondary N) is 1. The maximum absolute atomic E-state index is 13.2. The molecule has 2 unspecified atom stereocenters. The predicted octanol–water partition coefficient (Wildman–Crippen LogP) is 4.26. The van der Waals surface area contributed by atoms with Crippen LogP contribution in [0.4, 0.5) is 4.79 Å². The van der Waals surface area contributed by atoms with E-state index in [0.717, 1.165) is 30.4 Å². The maximum Gasteiger partial charge on any atom is 0.407 e. The first kappa shape index (κ1) is 23.4. The van der Waals surface area contributed by atoms with Crippen molar-refractivity contribution in [1.29, 1.82) is 0 Å². The number of carboxylic acid groups (broad SMARTS) is 1. The number of amides is 2. The summed E-state index contributed by atoms with van der Waals surface area (Å²) in [6.45, 7) is 3.03. The Labute approximate surface area is 205 Å². The lowest BCUT2D eigenvalue weighted by Crippen LogP contribution is -2.50. The van der Waals surface area contributed by atoms with Crippen molar-refractivity contribution in [1.82, 2.24) is 10.2 Å². The fourth-order valence-electron chi connectivity index (χ4n) is 6.17. The lowest BCUT2D eigenvalue weighted by atomic mass is 9.86. The van der Waals surface area contributed by atoms with Gasteiger partial charge in [-0.1, -0.05) is 61.9 Å². The van der Waals surface area contributed by atoms with Crippen molar-refractivity contribution in [3.8, 4) is 11.1 Å². The Balaban J connectivity index is 1.19. The standard InChI is InChI=1S/C28H32N2O5/c1-17-15-30(14-13-18(17)27(32)33)26(31)23-11-6-12-25(23)29-28(34)35-16-24-21-9-4-2-7-19(21)20-8-3-5-10-22(20)24/h2-5,7-10,17-18,23-25H,6,11-16H2,1H3,(H,29,34)(H,32,33)/t17?,18?,23-,25+/m1/s1. The van der Waals surface area contributed by atoms with Crippen molar-refractivity contribution >= 4 is 18.0 Å². The van der Waals surface area contributed by atoms with Crippen LogP contribution in [0, 0.1) is 17.8 Å². The van der Waals surface area contributed by atoms with Crippen molar-refractivity contribution < 1.29 is 24.2 Å². The van der Waals surface area contributed by atoms with Crippen LogP contribution in [0.5, 0.6) is 0 Å². The highest BCUT2D eigenvalue weighted by atomic mass is 16.5. The van der Waals surface area contributed by atoms with Crippen LogP contribution in [0.3, 0.4) is 0 Å². The van der Waals surface area contributed by atoms with E-state index in [0.29, 0.717) is 19.5 Å². The molecule has 1 saturated heterocycles. The Morgan fingerprint density at radius 1 is 0.971 bits per heavy atom. The fourth-order valence-corrected chi connectivity index (χ4v) is 6.17. The molecule has 1 heterocycles. The molecule has 2 fully saturated rings. The van der Waals surface area contributed by atoms with Gasteiger partial charge in [0.25, 0.3) is 0 Å². The first-order valence-corrected chi connectivity index (χ1v) is 12.6. The quantitative estimate of drug-likeness (QED) is 0.672. The fraction of sp³-hybridized carbons (Fsp3) is 0.464. The first-order chi connectivity index (χ1) is 16.9. The Bertz CT molecular complexity index is 1090. The molecule has 2 N–H and O–H groups in total. The average molecular weight is 477 g/mol. The molecule has 0 aromatic heterocycles. The Kier molecular flexibility index (Phi) is 6.50. The third-order valence-electron chi connectivity index (χ3n) is 8.01. The van der Waals surface area contributed by atoms with Crippen LogP contribution in [0.2, 0.25) is 0 Å². The van der Waals surface area contributed by atoms with Gasteiger partial charge in [0, 0.05) is 25.0 Å². The number of hydrogen-bond donors (Lipinski definition) is 2. The van der Waals surface area contributed by atoms with Gasteiger partial charge < -0.3 is 20.1 Å². The van der Waals surface area contributed by atoms with Crippen molar-refractivity contribution in [3.05, 3.63) is 59.7 Å². The van der Waals surface area contributed by atoms with E-state index in [9.17, 15) is 19.5 Å². The summed E-state index contributed by atoms with van der Waals surface area (Å²) in [7, 11) is 0. The van der Waals surface area contributed by atoms with Gasteiger partial charge in [-0.3, -0.25) is 9.59 Å². The Hall–Kier alpha value is -3.35. The second-order valence-electron chi connectivity index (χ2n) is 10.1. The van der Waals surface area contributed by atoms with Crippen LogP contribution >= 0.6 is 0 Å². The number of rotatable bonds is 5. The summed E-state index contributed by atoms with van der Waals surface area (Å²) < 4.78 is 5.69. The normalized spacial score (nSPS) is 25.6. The number of fused-ring (bicyclic) bond motifs is 3. The molecular weight excluding hydrogens is 444 g/mol. The highest BCUT2D eigenvalue weighted by molar-refractivity contribution is 5.82. The molecule has 35 heavy (non-hydrogen) atoms. The van der Waals surface area contributed by atoms with Crippen molar-refractivity contribution in [2.24, 2.45) is 17.8 Å². The van der Waals surface area contributed by atoms with Crippen molar-refractivity contribution in [3.63, 3.8) is 0 Å². The number of carboxylic acids is 1. The molecule has 2 aliphatic carbocycles. The second kappa shape index (κ2) is 9.72. The van der Waals surface area contributed by atoms with E-state index in [1.54, 1.807) is 4.90 Å². The van der Waals surface area contributed by atoms with Crippen LogP contribution in [0.25, 0.3) is 11.1 Å². The van der Waals surface area contributed by atoms with E-state index >= 15 is 0 Å². The minimum atomic E-state index is -0.791. The second-order valence-corrected chi connectivity index (χ2v) is 10.1. The zero-order valence-electron chi connectivity index (χ0n) is 20.0. The summed E-state index contributed by atoms with van der Waals surface area (Å²) in [5, 5.41) is 12.3. The minimum absolute atomic E-state index is 0.00817. The van der Waals surface area contributed by atoms with Gasteiger partial charge in [0.15, 0.2) is 0 Å². The molecule has 2 aromatic carbocycles. The van der Waals surface area contributed by atoms with Crippen molar-refractivity contribution in [2.75, 3.05) is 19.7 Å². The van der Waals surface area contributed by atoms with E-state index in [-0.39, 0.29) is 36.3 Å². The van der Waals surface area contributed by atoms with Crippen LogP contribution < -0.4 is 5.32 Å². The lowest BCUT2D eigenvalue weighted by molar-refractivity contribution is -0.149. The van der Waals surface area contributed by atoms with Gasteiger partial charge >= 0.3 is 12.1 Å². The van der Waals surface area contributed by atoms with Gasteiger partial charge in [-0.2, -0.15) is 0 Å². The molecule has 1 aliphatic heterocycles. The molecule has 0 radical (unpaired) electrons. The van der Waals surface area contributed by atoms with Gasteiger partial charge in [0.05, 0.1) is 11.8 Å². The summed E-state index contributed by atoms with van der Waals surface area (Å²) in [6.07, 6.45) is 2.31. The number of likely N-dealkylation sites (tertiary alicyclic amines) is 1. The van der Waals surface area contributed by atoms with E-state index in [2.05, 4.69) is 29.6 Å². The molecule has 5 rings (SSSR count). The third-order valence-corrected chi connectivity index (χ3v) is 8.01. The minimum Gasteiger partial charge on any atom is -0.481 e. The molecule has 0 bridgehead atoms. The number of carbonyl (C=O) groups is 3. The molecular formula is C28H32N2O5. The van der Waals surface area contributed by atoms with Gasteiger partial charge in [-0.15, -0.1) is 0 Å². The molecule has 7 nitrogen and oxygen atoms in total. The number of aliphatic carboxylic acids is 1. The van der Waals surface area contributed by atoms with E-state index in [1.165, 1.54) is 11.1 Å². The smallest absolute Gasteiger partial charge is 0.407 e. The van der Waals surface area contributed by atoms with Crippen LogP contribution in [0.15, 0.2) is 48.5 Å². The molecule has 4 atom stereocenters. The molecule has 1 saturated carbocycles. The zero-order chi connectivity index (χ0) is 24.5. The highest BCUT2D eigenvalue weighted by Gasteiger charge is 2.40. The van der Waals surface area contributed by atoms with E-state index < -0.39 is 18.0 Å². The molecule has 3 aliphatic rings. The number of benzene rings is 2. The van der Waals surface area contributed by atoms with Crippen LogP contribution in [-0.2, 0) is 14.3 Å². The molecule has 2 amide bonds. The monoisotopic (exact) mass is 476 g/mol. The number of carbonyl (C=O) groups excluding carboxylic acids is 2. The summed E-state index contributed by atoms with van der Waals surface area (Å²) in [6, 6.07) is 16.2. The maximum atomic E-state index is 13.2. The average Bonchev–Trinajstić information content (AvgIpc) is 3.44. The largest absolute Gasteiger partial charge is 0.481 e. The SMILES string of the molecule is CC1CN(C(=O)[C@@H]2CCC[C@@H]2NC(=O)OCC2c3ccccc3-c3ccccc32)CCC1C(=O)O. The molecule has 7 heteroatoms. The molecule has 184 valence electrons. The number of hydrogen-bond acceptors (Lipinski definition) is 4. The molecule has 2 aromatic rings. The predicted molar refractivity (Wildman–Crippen MR) is 131 cm³/mol. The lowest BCUT2D eigenvalue weighted by Gasteiger charge is -2.37. The van der Waals surface area contributed by atoms with E-state index in [4.69, 9.17) is 4.74 Å². The van der Waals surface area contributed by atoms with Gasteiger partial charge in [-0.05, 0) is 47.4 Å². The summed E-state index contributed by atoms with van der Waals surface area (Å²) in [5.41, 5.74) is 4.68. The summed E-state index contributed by atoms with van der Waals surface area (Å²) in [4.78, 5) is 39.2.